The Morgan fingerprint density at radius 1 is 0.600 bits per heavy atom. The van der Waals surface area contributed by atoms with Gasteiger partial charge in [-0.15, -0.1) is 0 Å². The van der Waals surface area contributed by atoms with E-state index in [1.807, 2.05) is 60.6 Å². The molecular formula is C51H60N18O6. The van der Waals surface area contributed by atoms with Gasteiger partial charge >= 0.3 is 0 Å². The number of fused-ring (bicyclic) bond motifs is 2. The van der Waals surface area contributed by atoms with Crippen LogP contribution in [0.4, 0.5) is 35.3 Å². The molecule has 390 valence electrons. The van der Waals surface area contributed by atoms with Crippen LogP contribution in [0.5, 0.6) is 0 Å². The van der Waals surface area contributed by atoms with Crippen molar-refractivity contribution in [2.24, 2.45) is 19.8 Å². The maximum Gasteiger partial charge on any atom is 0.300 e. The predicted molar refractivity (Wildman–Crippen MR) is 282 cm³/mol. The molecule has 12 rings (SSSR count). The lowest BCUT2D eigenvalue weighted by molar-refractivity contribution is 0.101. The van der Waals surface area contributed by atoms with Crippen LogP contribution in [-0.4, -0.2) is 171 Å². The number of hydrogen-bond donors (Lipinski definition) is 3. The number of aromatic nitrogens is 10. The van der Waals surface area contributed by atoms with Crippen molar-refractivity contribution < 1.29 is 27.9 Å². The van der Waals surface area contributed by atoms with Crippen molar-refractivity contribution in [2.45, 2.75) is 31.8 Å². The van der Waals surface area contributed by atoms with Crippen LogP contribution in [0.3, 0.4) is 0 Å². The molecule has 0 spiro atoms. The first-order valence-corrected chi connectivity index (χ1v) is 25.3. The van der Waals surface area contributed by atoms with Crippen LogP contribution in [0.1, 0.15) is 40.5 Å². The van der Waals surface area contributed by atoms with Gasteiger partial charge < -0.3 is 59.2 Å². The molecule has 4 N–H and O–H groups in total. The van der Waals surface area contributed by atoms with Crippen LogP contribution in [-0.2, 0) is 23.6 Å². The summed E-state index contributed by atoms with van der Waals surface area (Å²) in [7, 11) is 5.81. The highest BCUT2D eigenvalue weighted by Crippen LogP contribution is 2.32. The summed E-state index contributed by atoms with van der Waals surface area (Å²) in [5.74, 6) is 1.38. The standard InChI is InChI=1S/C26H31N9O3.C25H29N9O3/c1-17-15-35(8-7-32(17)2)24-19(13-21-23(30-24)31-26(38-21)34-9-11-37-12-10-34)25(36)29-22-6-4-5-20(28-22)18-14-27-33(3)16-18;1-32-14-16(13-27-32)19-5-2-6-21(28-19)29-24(35)18-12-20-22(30-23(18)34-7-3-4-17(26)15-34)31-25(37-20)33-8-10-36-11-9-33/h4-6,13-14,16-17H,7-12,15H2,1-3H3,(H,28,29,36);2,5-6,12-14,17H,3-4,7-11,15,26H2,1H3,(H,28,29,35). The monoisotopic (exact) mass is 1020 g/mol. The summed E-state index contributed by atoms with van der Waals surface area (Å²) in [5, 5.41) is 14.3. The van der Waals surface area contributed by atoms with Crippen molar-refractivity contribution in [3.63, 3.8) is 0 Å². The molecule has 0 bridgehead atoms. The molecule has 0 aromatic carbocycles. The third-order valence-corrected chi connectivity index (χ3v) is 13.8. The van der Waals surface area contributed by atoms with Crippen LogP contribution < -0.4 is 36.0 Å². The molecule has 4 aliphatic rings. The molecule has 24 nitrogen and oxygen atoms in total. The van der Waals surface area contributed by atoms with Crippen LogP contribution in [0.25, 0.3) is 45.0 Å². The number of carbonyl (C=O) groups excluding carboxylic acids is 2. The Bertz CT molecular complexity index is 3320. The van der Waals surface area contributed by atoms with Crippen molar-refractivity contribution in [3.8, 4) is 22.5 Å². The van der Waals surface area contributed by atoms with Gasteiger partial charge in [0.05, 0.1) is 61.3 Å². The highest BCUT2D eigenvalue weighted by atomic mass is 16.5. The zero-order valence-corrected chi connectivity index (χ0v) is 42.4. The Hall–Kier alpha value is -8.06. The zero-order chi connectivity index (χ0) is 51.6. The van der Waals surface area contributed by atoms with Crippen molar-refractivity contribution in [1.82, 2.24) is 54.4 Å². The maximum absolute atomic E-state index is 13.7. The number of piperidine rings is 1. The third-order valence-electron chi connectivity index (χ3n) is 13.8. The maximum atomic E-state index is 13.7. The molecule has 2 atom stereocenters. The third kappa shape index (κ3) is 10.9. The van der Waals surface area contributed by atoms with Gasteiger partial charge in [-0.05, 0) is 51.1 Å². The molecule has 0 aliphatic carbocycles. The SMILES string of the molecule is CC1CN(c2nc3nc(N4CCOCC4)oc3cc2C(=O)Nc2cccc(-c3cnn(C)c3)n2)CCN1C.Cn1cc(-c2cccc(NC(=O)c3cc4oc(N5CCOCC5)nc4nc3N3CCCC(N)C3)n2)cn1. The van der Waals surface area contributed by atoms with Crippen molar-refractivity contribution in [2.75, 3.05) is 123 Å². The minimum atomic E-state index is -0.330. The van der Waals surface area contributed by atoms with Gasteiger partial charge in [-0.3, -0.25) is 19.0 Å². The van der Waals surface area contributed by atoms with E-state index in [0.29, 0.717) is 140 Å². The van der Waals surface area contributed by atoms with Gasteiger partial charge in [0.15, 0.2) is 11.2 Å². The molecule has 4 aliphatic heterocycles. The molecule has 0 radical (unpaired) electrons. The number of likely N-dealkylation sites (N-methyl/N-ethyl adjacent to an activating group) is 1. The first-order chi connectivity index (χ1) is 36.5. The van der Waals surface area contributed by atoms with Crippen molar-refractivity contribution >= 4 is 69.6 Å². The zero-order valence-electron chi connectivity index (χ0n) is 42.4. The minimum Gasteiger partial charge on any atom is -0.422 e. The van der Waals surface area contributed by atoms with Gasteiger partial charge in [0.25, 0.3) is 23.8 Å². The lowest BCUT2D eigenvalue weighted by Gasteiger charge is -2.38. The van der Waals surface area contributed by atoms with E-state index in [9.17, 15) is 9.59 Å². The average molecular weight is 1020 g/mol. The molecule has 0 saturated carbocycles. The van der Waals surface area contributed by atoms with E-state index in [0.717, 1.165) is 55.8 Å². The molecule has 8 aromatic rings. The largest absolute Gasteiger partial charge is 0.422 e. The number of rotatable bonds is 10. The Kier molecular flexibility index (Phi) is 14.0. The normalized spacial score (nSPS) is 18.6. The number of anilines is 6. The Morgan fingerprint density at radius 2 is 1.09 bits per heavy atom. The molecule has 8 aromatic heterocycles. The van der Waals surface area contributed by atoms with E-state index in [1.54, 1.807) is 46.0 Å². The van der Waals surface area contributed by atoms with E-state index in [2.05, 4.69) is 69.4 Å². The second kappa shape index (κ2) is 21.4. The fraction of sp³-hybridized carbons (Fsp3) is 0.412. The Balaban J connectivity index is 0.000000161. The highest BCUT2D eigenvalue weighted by molar-refractivity contribution is 6.09. The van der Waals surface area contributed by atoms with Crippen LogP contribution >= 0.6 is 0 Å². The number of pyridine rings is 4. The smallest absolute Gasteiger partial charge is 0.300 e. The van der Waals surface area contributed by atoms with Crippen LogP contribution in [0, 0.1) is 0 Å². The Labute approximate surface area is 431 Å². The number of ether oxygens (including phenoxy) is 2. The average Bonchev–Trinajstić information content (AvgIpc) is 4.27. The summed E-state index contributed by atoms with van der Waals surface area (Å²) in [6, 6.07) is 15.8. The topological polar surface area (TPSA) is 258 Å². The first-order valence-electron chi connectivity index (χ1n) is 25.3. The number of aryl methyl sites for hydroxylation is 2. The van der Waals surface area contributed by atoms with Crippen LogP contribution in [0.15, 0.2) is 82.2 Å². The minimum absolute atomic E-state index is 0.0150. The number of piperazine rings is 1. The summed E-state index contributed by atoms with van der Waals surface area (Å²) in [4.78, 5) is 66.1. The second-order valence-corrected chi connectivity index (χ2v) is 19.2. The van der Waals surface area contributed by atoms with Crippen LogP contribution in [0.2, 0.25) is 0 Å². The molecule has 4 fully saturated rings. The van der Waals surface area contributed by atoms with Gasteiger partial charge in [0.1, 0.15) is 23.3 Å². The lowest BCUT2D eigenvalue weighted by atomic mass is 10.1. The first kappa shape index (κ1) is 49.2. The number of carbonyl (C=O) groups is 2. The van der Waals surface area contributed by atoms with E-state index in [-0.39, 0.29) is 17.9 Å². The van der Waals surface area contributed by atoms with Gasteiger partial charge in [-0.1, -0.05) is 12.1 Å². The van der Waals surface area contributed by atoms with E-state index in [1.165, 1.54) is 0 Å². The number of nitrogens with one attached hydrogen (secondary N) is 2. The summed E-state index contributed by atoms with van der Waals surface area (Å²) < 4.78 is 26.4. The van der Waals surface area contributed by atoms with E-state index >= 15 is 0 Å². The molecule has 12 heterocycles. The van der Waals surface area contributed by atoms with Crippen molar-refractivity contribution in [3.05, 3.63) is 84.4 Å². The molecular weight excluding hydrogens is 961 g/mol. The van der Waals surface area contributed by atoms with Gasteiger partial charge in [0.2, 0.25) is 11.3 Å². The van der Waals surface area contributed by atoms with E-state index in [4.69, 9.17) is 34.0 Å². The Morgan fingerprint density at radius 3 is 1.55 bits per heavy atom. The van der Waals surface area contributed by atoms with E-state index < -0.39 is 0 Å². The second-order valence-electron chi connectivity index (χ2n) is 19.2. The summed E-state index contributed by atoms with van der Waals surface area (Å²) >= 11 is 0. The number of morpholine rings is 2. The summed E-state index contributed by atoms with van der Waals surface area (Å²) in [6.07, 6.45) is 9.10. The fourth-order valence-electron chi connectivity index (χ4n) is 9.53. The fourth-order valence-corrected chi connectivity index (χ4v) is 9.53. The predicted octanol–water partition coefficient (Wildman–Crippen LogP) is 4.28. The molecule has 24 heteroatoms. The quantitative estimate of drug-likeness (QED) is 0.173. The lowest BCUT2D eigenvalue weighted by Crippen LogP contribution is -2.50. The molecule has 75 heavy (non-hydrogen) atoms. The van der Waals surface area contributed by atoms with Gasteiger partial charge in [-0.2, -0.15) is 20.2 Å². The number of hydrogen-bond acceptors (Lipinski definition) is 20. The van der Waals surface area contributed by atoms with Gasteiger partial charge in [0, 0.05) is 121 Å². The molecule has 4 saturated heterocycles. The van der Waals surface area contributed by atoms with Gasteiger partial charge in [-0.25, -0.2) is 19.9 Å². The summed E-state index contributed by atoms with van der Waals surface area (Å²) in [6.45, 7) is 11.1. The molecule has 2 amide bonds. The highest BCUT2D eigenvalue weighted by Gasteiger charge is 2.30. The number of nitrogens with two attached hydrogens (primary N) is 1. The number of amides is 2. The summed E-state index contributed by atoms with van der Waals surface area (Å²) in [5.41, 5.74) is 12.1. The number of oxazole rings is 2. The molecule has 2 unspecified atom stereocenters. The number of nitrogens with zero attached hydrogens (tertiary/aromatic N) is 15. The van der Waals surface area contributed by atoms with Crippen molar-refractivity contribution in [1.29, 1.82) is 0 Å².